The van der Waals surface area contributed by atoms with Gasteiger partial charge in [0, 0.05) is 24.6 Å². The van der Waals surface area contributed by atoms with Crippen molar-refractivity contribution in [3.05, 3.63) is 70.8 Å². The van der Waals surface area contributed by atoms with Gasteiger partial charge in [0.15, 0.2) is 22.3 Å². The first-order chi connectivity index (χ1) is 15.8. The predicted octanol–water partition coefficient (Wildman–Crippen LogP) is 3.82. The maximum absolute atomic E-state index is 14.4. The number of nitrogens with zero attached hydrogens (tertiary/aromatic N) is 3. The van der Waals surface area contributed by atoms with Crippen molar-refractivity contribution in [1.29, 1.82) is 0 Å². The molecule has 0 N–H and O–H groups in total. The zero-order valence-corrected chi connectivity index (χ0v) is 18.9. The van der Waals surface area contributed by atoms with Crippen molar-refractivity contribution >= 4 is 15.7 Å². The van der Waals surface area contributed by atoms with Crippen LogP contribution in [0.25, 0.3) is 5.69 Å². The second-order valence-corrected chi connectivity index (χ2v) is 9.96. The van der Waals surface area contributed by atoms with Crippen molar-refractivity contribution in [3.63, 3.8) is 0 Å². The topological polar surface area (TPSA) is 81.5 Å². The Labute approximate surface area is 192 Å². The minimum Gasteiger partial charge on any atom is -0.483 e. The average Bonchev–Trinajstić information content (AvgIpc) is 3.31. The number of fused-ring (bicyclic) bond motifs is 1. The Morgan fingerprint density at radius 2 is 1.91 bits per heavy atom. The van der Waals surface area contributed by atoms with E-state index in [-0.39, 0.29) is 35.0 Å². The van der Waals surface area contributed by atoms with E-state index in [4.69, 9.17) is 4.74 Å². The summed E-state index contributed by atoms with van der Waals surface area (Å²) >= 11 is 0. The lowest BCUT2D eigenvalue weighted by molar-refractivity contribution is -0.153. The van der Waals surface area contributed by atoms with Gasteiger partial charge in [-0.2, -0.15) is 18.3 Å². The average molecular weight is 497 g/mol. The van der Waals surface area contributed by atoms with Gasteiger partial charge in [0.1, 0.15) is 11.4 Å². The summed E-state index contributed by atoms with van der Waals surface area (Å²) in [6.07, 6.45) is -2.14. The fourth-order valence-corrected chi connectivity index (χ4v) is 4.24. The predicted molar refractivity (Wildman–Crippen MR) is 113 cm³/mol. The highest BCUT2D eigenvalue weighted by molar-refractivity contribution is 7.90. The van der Waals surface area contributed by atoms with Gasteiger partial charge in [0.25, 0.3) is 5.91 Å². The number of aryl methyl sites for hydroxylation is 1. The smallest absolute Gasteiger partial charge is 0.422 e. The Bertz CT molecular complexity index is 1360. The van der Waals surface area contributed by atoms with E-state index in [0.717, 1.165) is 24.5 Å². The zero-order valence-electron chi connectivity index (χ0n) is 18.1. The second kappa shape index (κ2) is 8.42. The highest BCUT2D eigenvalue weighted by Crippen LogP contribution is 2.30. The lowest BCUT2D eigenvalue weighted by Gasteiger charge is -2.19. The minimum absolute atomic E-state index is 0.0103. The molecule has 180 valence electrons. The number of benzene rings is 2. The third-order valence-corrected chi connectivity index (χ3v) is 6.40. The van der Waals surface area contributed by atoms with Gasteiger partial charge < -0.3 is 9.64 Å². The van der Waals surface area contributed by atoms with Crippen molar-refractivity contribution < 1.29 is 35.5 Å². The molecule has 0 atom stereocenters. The van der Waals surface area contributed by atoms with Gasteiger partial charge in [0.05, 0.1) is 22.7 Å². The molecule has 0 fully saturated rings. The van der Waals surface area contributed by atoms with Crippen LogP contribution >= 0.6 is 0 Å². The standard InChI is InChI=1S/C22H19F4N3O4S/c1-13-4-3-5-18(20(13)23)29-10-14-9-28(11-17(14)27-29)21(30)16-8-15(34(2,31)32)6-7-19(16)33-12-22(24,25)26/h3-8,10H,9,11-12H2,1-2H3. The number of rotatable bonds is 5. The van der Waals surface area contributed by atoms with Crippen LogP contribution in [0.4, 0.5) is 17.6 Å². The zero-order chi connectivity index (χ0) is 24.8. The van der Waals surface area contributed by atoms with E-state index in [9.17, 15) is 30.8 Å². The van der Waals surface area contributed by atoms with Gasteiger partial charge in [-0.25, -0.2) is 17.5 Å². The van der Waals surface area contributed by atoms with Gasteiger partial charge in [-0.15, -0.1) is 0 Å². The van der Waals surface area contributed by atoms with Gasteiger partial charge in [-0.3, -0.25) is 4.79 Å². The first kappa shape index (κ1) is 23.7. The fraction of sp³-hybridized carbons (Fsp3) is 0.273. The summed E-state index contributed by atoms with van der Waals surface area (Å²) < 4.78 is 82.4. The number of sulfone groups is 1. The number of hydrogen-bond acceptors (Lipinski definition) is 5. The third kappa shape index (κ3) is 4.76. The number of carbonyl (C=O) groups excluding carboxylic acids is 1. The van der Waals surface area contributed by atoms with E-state index in [2.05, 4.69) is 5.10 Å². The van der Waals surface area contributed by atoms with E-state index in [1.54, 1.807) is 31.3 Å². The van der Waals surface area contributed by atoms with Crippen LogP contribution in [0.3, 0.4) is 0 Å². The van der Waals surface area contributed by atoms with Crippen molar-refractivity contribution in [1.82, 2.24) is 14.7 Å². The summed E-state index contributed by atoms with van der Waals surface area (Å²) in [4.78, 5) is 14.2. The molecule has 1 aromatic heterocycles. The number of ether oxygens (including phenoxy) is 1. The summed E-state index contributed by atoms with van der Waals surface area (Å²) in [7, 11) is -3.73. The Hall–Kier alpha value is -3.41. The molecule has 1 aliphatic heterocycles. The summed E-state index contributed by atoms with van der Waals surface area (Å²) in [6.45, 7) is 0.0553. The van der Waals surface area contributed by atoms with Crippen LogP contribution in [0.2, 0.25) is 0 Å². The first-order valence-electron chi connectivity index (χ1n) is 9.99. The molecule has 0 radical (unpaired) electrons. The molecule has 1 amide bonds. The molecule has 34 heavy (non-hydrogen) atoms. The quantitative estimate of drug-likeness (QED) is 0.501. The molecule has 12 heteroatoms. The van der Waals surface area contributed by atoms with Crippen LogP contribution in [-0.2, 0) is 22.9 Å². The molecule has 0 unspecified atom stereocenters. The van der Waals surface area contributed by atoms with Crippen molar-refractivity contribution in [3.8, 4) is 11.4 Å². The van der Waals surface area contributed by atoms with Gasteiger partial charge >= 0.3 is 6.18 Å². The summed E-state index contributed by atoms with van der Waals surface area (Å²) in [5, 5.41) is 4.34. The largest absolute Gasteiger partial charge is 0.483 e. The summed E-state index contributed by atoms with van der Waals surface area (Å²) in [5.41, 5.74) is 1.51. The van der Waals surface area contributed by atoms with Crippen LogP contribution in [0.15, 0.2) is 47.5 Å². The monoisotopic (exact) mass is 497 g/mol. The highest BCUT2D eigenvalue weighted by Gasteiger charge is 2.32. The Kier molecular flexibility index (Phi) is 5.88. The normalized spacial score (nSPS) is 13.8. The molecule has 0 saturated carbocycles. The van der Waals surface area contributed by atoms with Gasteiger partial charge in [-0.1, -0.05) is 12.1 Å². The van der Waals surface area contributed by atoms with E-state index in [1.807, 2.05) is 0 Å². The number of aromatic nitrogens is 2. The van der Waals surface area contributed by atoms with Crippen LogP contribution in [-0.4, -0.2) is 48.0 Å². The molecule has 3 aromatic rings. The Balaban J connectivity index is 1.61. The number of hydrogen-bond donors (Lipinski definition) is 0. The number of amides is 1. The maximum atomic E-state index is 14.4. The van der Waals surface area contributed by atoms with E-state index < -0.39 is 34.3 Å². The van der Waals surface area contributed by atoms with Crippen LogP contribution in [0.5, 0.6) is 5.75 Å². The number of carbonyl (C=O) groups is 1. The van der Waals surface area contributed by atoms with E-state index in [0.29, 0.717) is 16.8 Å². The molecule has 2 heterocycles. The number of alkyl halides is 3. The van der Waals surface area contributed by atoms with Crippen molar-refractivity contribution in [2.24, 2.45) is 0 Å². The molecule has 0 aliphatic carbocycles. The second-order valence-electron chi connectivity index (χ2n) is 7.95. The third-order valence-electron chi connectivity index (χ3n) is 5.29. The molecular weight excluding hydrogens is 478 g/mol. The molecular formula is C22H19F4N3O4S. The molecule has 4 rings (SSSR count). The summed E-state index contributed by atoms with van der Waals surface area (Å²) in [6, 6.07) is 7.99. The van der Waals surface area contributed by atoms with Crippen molar-refractivity contribution in [2.45, 2.75) is 31.1 Å². The van der Waals surface area contributed by atoms with Crippen LogP contribution < -0.4 is 4.74 Å². The van der Waals surface area contributed by atoms with Gasteiger partial charge in [-0.05, 0) is 36.8 Å². The van der Waals surface area contributed by atoms with Crippen molar-refractivity contribution in [2.75, 3.05) is 12.9 Å². The van der Waals surface area contributed by atoms with E-state index >= 15 is 0 Å². The minimum atomic E-state index is -4.64. The lowest BCUT2D eigenvalue weighted by atomic mass is 10.1. The Morgan fingerprint density at radius 3 is 2.56 bits per heavy atom. The molecule has 0 spiro atoms. The fourth-order valence-electron chi connectivity index (χ4n) is 3.59. The summed E-state index contributed by atoms with van der Waals surface area (Å²) in [5.74, 6) is -1.53. The molecule has 1 aliphatic rings. The number of halogens is 4. The molecule has 2 aromatic carbocycles. The molecule has 7 nitrogen and oxygen atoms in total. The maximum Gasteiger partial charge on any atom is 0.422 e. The van der Waals surface area contributed by atoms with Crippen LogP contribution in [0.1, 0.15) is 27.2 Å². The molecule has 0 bridgehead atoms. The van der Waals surface area contributed by atoms with Gasteiger partial charge in [0.2, 0.25) is 0 Å². The van der Waals surface area contributed by atoms with E-state index in [1.165, 1.54) is 9.58 Å². The molecule has 0 saturated heterocycles. The first-order valence-corrected chi connectivity index (χ1v) is 11.9. The lowest BCUT2D eigenvalue weighted by Crippen LogP contribution is -2.27. The SMILES string of the molecule is Cc1cccc(-n2cc3c(n2)CN(C(=O)c2cc(S(C)(=O)=O)ccc2OCC(F)(F)F)C3)c1F. The Morgan fingerprint density at radius 1 is 1.18 bits per heavy atom. The highest BCUT2D eigenvalue weighted by atomic mass is 32.2. The van der Waals surface area contributed by atoms with Crippen LogP contribution in [0, 0.1) is 12.7 Å².